The Bertz CT molecular complexity index is 558. The number of rotatable bonds is 4. The second-order valence-electron chi connectivity index (χ2n) is 4.18. The molecule has 0 amide bonds. The largest absolute Gasteiger partial charge is 0.416 e. The number of hydrogen-bond donors (Lipinski definition) is 0. The number of ketones is 1. The highest BCUT2D eigenvalue weighted by atomic mass is 32.1. The summed E-state index contributed by atoms with van der Waals surface area (Å²) in [7, 11) is 0. The van der Waals surface area contributed by atoms with Gasteiger partial charge in [0.2, 0.25) is 0 Å². The molecule has 0 N–H and O–H groups in total. The lowest BCUT2D eigenvalue weighted by atomic mass is 9.99. The number of benzene rings is 1. The molecule has 2 rings (SSSR count). The highest BCUT2D eigenvalue weighted by Crippen LogP contribution is 2.32. The average molecular weight is 284 g/mol. The highest BCUT2D eigenvalue weighted by Gasteiger charge is 2.33. The lowest BCUT2D eigenvalue weighted by Crippen LogP contribution is -2.13. The van der Waals surface area contributed by atoms with Crippen LogP contribution in [0.3, 0.4) is 0 Å². The number of carbonyl (C=O) groups is 1. The summed E-state index contributed by atoms with van der Waals surface area (Å²) in [4.78, 5) is 11.8. The molecule has 0 aliphatic heterocycles. The monoisotopic (exact) mass is 284 g/mol. The van der Waals surface area contributed by atoms with Gasteiger partial charge in [0, 0.05) is 12.8 Å². The summed E-state index contributed by atoms with van der Waals surface area (Å²) in [5.74, 6) is -0.213. The Morgan fingerprint density at radius 1 is 1.11 bits per heavy atom. The number of hydrogen-bond acceptors (Lipinski definition) is 2. The van der Waals surface area contributed by atoms with Gasteiger partial charge in [-0.25, -0.2) is 0 Å². The molecule has 0 saturated carbocycles. The molecule has 0 saturated heterocycles. The molecule has 1 nitrogen and oxygen atoms in total. The van der Waals surface area contributed by atoms with Crippen molar-refractivity contribution in [3.05, 3.63) is 57.8 Å². The first-order chi connectivity index (χ1) is 8.97. The van der Waals surface area contributed by atoms with Gasteiger partial charge in [-0.05, 0) is 34.0 Å². The first-order valence-corrected chi connectivity index (χ1v) is 6.59. The Morgan fingerprint density at radius 3 is 2.47 bits per heavy atom. The molecular weight excluding hydrogens is 273 g/mol. The second kappa shape index (κ2) is 5.57. The van der Waals surface area contributed by atoms with E-state index in [0.717, 1.165) is 11.6 Å². The fourth-order valence-electron chi connectivity index (χ4n) is 1.85. The van der Waals surface area contributed by atoms with E-state index < -0.39 is 11.7 Å². The third-order valence-electron chi connectivity index (χ3n) is 2.69. The molecule has 1 aromatic heterocycles. The summed E-state index contributed by atoms with van der Waals surface area (Å²) in [5, 5.41) is 3.67. The third kappa shape index (κ3) is 3.67. The van der Waals surface area contributed by atoms with E-state index in [-0.39, 0.29) is 24.2 Å². The Balaban J connectivity index is 2.13. The van der Waals surface area contributed by atoms with Crippen LogP contribution in [0.4, 0.5) is 13.2 Å². The van der Waals surface area contributed by atoms with Crippen LogP contribution in [0.15, 0.2) is 41.1 Å². The van der Waals surface area contributed by atoms with E-state index in [1.54, 1.807) is 6.07 Å². The molecule has 1 heterocycles. The van der Waals surface area contributed by atoms with Crippen LogP contribution >= 0.6 is 11.3 Å². The quantitative estimate of drug-likeness (QED) is 0.825. The molecule has 0 unspecified atom stereocenters. The predicted molar refractivity (Wildman–Crippen MR) is 68.2 cm³/mol. The van der Waals surface area contributed by atoms with Crippen molar-refractivity contribution in [3.8, 4) is 0 Å². The van der Waals surface area contributed by atoms with Gasteiger partial charge in [0.25, 0.3) is 0 Å². The molecule has 0 atom stereocenters. The van der Waals surface area contributed by atoms with E-state index in [4.69, 9.17) is 0 Å². The third-order valence-corrected chi connectivity index (χ3v) is 3.42. The fraction of sp³-hybridized carbons (Fsp3) is 0.214. The minimum Gasteiger partial charge on any atom is -0.299 e. The van der Waals surface area contributed by atoms with Crippen LogP contribution in [0.2, 0.25) is 0 Å². The number of Topliss-reactive ketones (excluding diaryl/α,β-unsaturated/α-hetero) is 1. The zero-order chi connectivity index (χ0) is 13.9. The SMILES string of the molecule is O=C(Cc1ccsc1)Cc1ccccc1C(F)(F)F. The average Bonchev–Trinajstić information content (AvgIpc) is 2.81. The summed E-state index contributed by atoms with van der Waals surface area (Å²) in [6.45, 7) is 0. The number of alkyl halides is 3. The number of halogens is 3. The van der Waals surface area contributed by atoms with Crippen molar-refractivity contribution in [2.24, 2.45) is 0 Å². The van der Waals surface area contributed by atoms with Crippen molar-refractivity contribution < 1.29 is 18.0 Å². The molecule has 0 aliphatic rings. The number of carbonyl (C=O) groups excluding carboxylic acids is 1. The maximum atomic E-state index is 12.8. The Labute approximate surface area is 112 Å². The van der Waals surface area contributed by atoms with Crippen LogP contribution < -0.4 is 0 Å². The predicted octanol–water partition coefficient (Wildman–Crippen LogP) is 4.12. The van der Waals surface area contributed by atoms with Crippen molar-refractivity contribution in [2.75, 3.05) is 0 Å². The molecule has 1 aromatic carbocycles. The van der Waals surface area contributed by atoms with E-state index in [9.17, 15) is 18.0 Å². The topological polar surface area (TPSA) is 17.1 Å². The van der Waals surface area contributed by atoms with Crippen LogP contribution in [0.5, 0.6) is 0 Å². The molecule has 2 aromatic rings. The van der Waals surface area contributed by atoms with E-state index in [2.05, 4.69) is 0 Å². The molecule has 0 bridgehead atoms. The molecule has 0 radical (unpaired) electrons. The summed E-state index contributed by atoms with van der Waals surface area (Å²) in [5.41, 5.74) is 0.156. The van der Waals surface area contributed by atoms with E-state index in [0.29, 0.717) is 0 Å². The lowest BCUT2D eigenvalue weighted by Gasteiger charge is -2.11. The minimum absolute atomic E-state index is 0.0372. The molecule has 19 heavy (non-hydrogen) atoms. The lowest BCUT2D eigenvalue weighted by molar-refractivity contribution is -0.138. The van der Waals surface area contributed by atoms with Crippen LogP contribution in [0.1, 0.15) is 16.7 Å². The maximum absolute atomic E-state index is 12.8. The van der Waals surface area contributed by atoms with Gasteiger partial charge in [-0.2, -0.15) is 24.5 Å². The molecule has 5 heteroatoms. The van der Waals surface area contributed by atoms with Crippen LogP contribution in [-0.2, 0) is 23.8 Å². The summed E-state index contributed by atoms with van der Waals surface area (Å²) in [6, 6.07) is 7.01. The maximum Gasteiger partial charge on any atom is 0.416 e. The highest BCUT2D eigenvalue weighted by molar-refractivity contribution is 7.07. The zero-order valence-electron chi connectivity index (χ0n) is 9.91. The molecule has 0 spiro atoms. The summed E-state index contributed by atoms with van der Waals surface area (Å²) < 4.78 is 38.3. The van der Waals surface area contributed by atoms with E-state index >= 15 is 0 Å². The van der Waals surface area contributed by atoms with Gasteiger partial charge in [-0.3, -0.25) is 4.79 Å². The second-order valence-corrected chi connectivity index (χ2v) is 4.96. The van der Waals surface area contributed by atoms with Crippen molar-refractivity contribution in [1.29, 1.82) is 0 Å². The van der Waals surface area contributed by atoms with Gasteiger partial charge >= 0.3 is 6.18 Å². The Hall–Kier alpha value is -1.62. The fourth-order valence-corrected chi connectivity index (χ4v) is 2.52. The van der Waals surface area contributed by atoms with Crippen molar-refractivity contribution in [1.82, 2.24) is 0 Å². The smallest absolute Gasteiger partial charge is 0.299 e. The van der Waals surface area contributed by atoms with Gasteiger partial charge in [0.15, 0.2) is 0 Å². The van der Waals surface area contributed by atoms with Gasteiger partial charge in [-0.1, -0.05) is 18.2 Å². The van der Waals surface area contributed by atoms with Gasteiger partial charge in [-0.15, -0.1) is 0 Å². The molecule has 0 fully saturated rings. The van der Waals surface area contributed by atoms with Crippen LogP contribution in [-0.4, -0.2) is 5.78 Å². The van der Waals surface area contributed by atoms with Crippen LogP contribution in [0, 0.1) is 0 Å². The van der Waals surface area contributed by atoms with E-state index in [1.165, 1.54) is 29.5 Å². The van der Waals surface area contributed by atoms with E-state index in [1.807, 2.05) is 10.8 Å². The van der Waals surface area contributed by atoms with Crippen molar-refractivity contribution in [3.63, 3.8) is 0 Å². The molecular formula is C14H11F3OS. The summed E-state index contributed by atoms with van der Waals surface area (Å²) in [6.07, 6.45) is -4.43. The van der Waals surface area contributed by atoms with Crippen molar-refractivity contribution >= 4 is 17.1 Å². The molecule has 100 valence electrons. The van der Waals surface area contributed by atoms with Gasteiger partial charge < -0.3 is 0 Å². The normalized spacial score (nSPS) is 11.5. The van der Waals surface area contributed by atoms with Crippen molar-refractivity contribution in [2.45, 2.75) is 19.0 Å². The summed E-state index contributed by atoms with van der Waals surface area (Å²) >= 11 is 1.46. The Kier molecular flexibility index (Phi) is 4.04. The van der Waals surface area contributed by atoms with Gasteiger partial charge in [0.1, 0.15) is 5.78 Å². The van der Waals surface area contributed by atoms with Gasteiger partial charge in [0.05, 0.1) is 5.56 Å². The Morgan fingerprint density at radius 2 is 1.84 bits per heavy atom. The first kappa shape index (κ1) is 13.8. The minimum atomic E-state index is -4.42. The zero-order valence-corrected chi connectivity index (χ0v) is 10.7. The van der Waals surface area contributed by atoms with Crippen LogP contribution in [0.25, 0.3) is 0 Å². The number of thiophene rings is 1. The first-order valence-electron chi connectivity index (χ1n) is 5.64. The standard InChI is InChI=1S/C14H11F3OS/c15-14(16,17)13-4-2-1-3-11(13)8-12(18)7-10-5-6-19-9-10/h1-6,9H,7-8H2. The molecule has 0 aliphatic carbocycles.